The molecule has 0 bridgehead atoms. The van der Waals surface area contributed by atoms with Crippen LogP contribution in [0, 0.1) is 0 Å². The standard InChI is InChI=1S/C24H24ClNO4S/c1-14(2)29-12-4-11-26-21(15-5-8-17(31-3)9-6-15)20-22(27)18-13-16(25)7-10-19(18)30-23(20)24(26)28/h5-10,13-14,21H,4,11-12H2,1-3H3/t21-/m0/s1. The summed E-state index contributed by atoms with van der Waals surface area (Å²) in [4.78, 5) is 29.6. The van der Waals surface area contributed by atoms with Gasteiger partial charge in [-0.3, -0.25) is 9.59 Å². The average molecular weight is 458 g/mol. The van der Waals surface area contributed by atoms with Gasteiger partial charge in [-0.2, -0.15) is 0 Å². The fourth-order valence-electron chi connectivity index (χ4n) is 3.91. The molecule has 1 aliphatic rings. The maximum absolute atomic E-state index is 13.5. The Balaban J connectivity index is 1.81. The lowest BCUT2D eigenvalue weighted by atomic mass is 9.98. The minimum absolute atomic E-state index is 0.114. The largest absolute Gasteiger partial charge is 0.450 e. The van der Waals surface area contributed by atoms with Crippen molar-refractivity contribution in [2.24, 2.45) is 0 Å². The molecule has 1 aromatic heterocycles. The van der Waals surface area contributed by atoms with Gasteiger partial charge in [-0.1, -0.05) is 23.7 Å². The second-order valence-corrected chi connectivity index (χ2v) is 9.08. The van der Waals surface area contributed by atoms with Gasteiger partial charge in [-0.25, -0.2) is 0 Å². The Kier molecular flexibility index (Phi) is 6.42. The number of nitrogens with zero attached hydrogens (tertiary/aromatic N) is 1. The van der Waals surface area contributed by atoms with Gasteiger partial charge in [0.1, 0.15) is 5.58 Å². The molecule has 0 spiro atoms. The van der Waals surface area contributed by atoms with Crippen molar-refractivity contribution in [3.05, 3.63) is 74.6 Å². The van der Waals surface area contributed by atoms with E-state index in [2.05, 4.69) is 0 Å². The normalized spacial score (nSPS) is 15.8. The van der Waals surface area contributed by atoms with Gasteiger partial charge >= 0.3 is 0 Å². The van der Waals surface area contributed by atoms with Crippen LogP contribution in [0.2, 0.25) is 5.02 Å². The van der Waals surface area contributed by atoms with E-state index in [0.29, 0.717) is 41.1 Å². The molecule has 0 radical (unpaired) electrons. The van der Waals surface area contributed by atoms with Crippen molar-refractivity contribution >= 4 is 40.2 Å². The van der Waals surface area contributed by atoms with Crippen molar-refractivity contribution in [3.63, 3.8) is 0 Å². The summed E-state index contributed by atoms with van der Waals surface area (Å²) in [6, 6.07) is 12.3. The van der Waals surface area contributed by atoms with E-state index in [0.717, 1.165) is 10.5 Å². The number of hydrogen-bond acceptors (Lipinski definition) is 5. The Bertz CT molecular complexity index is 1170. The predicted molar refractivity (Wildman–Crippen MR) is 124 cm³/mol. The van der Waals surface area contributed by atoms with Gasteiger partial charge in [0.25, 0.3) is 5.91 Å². The van der Waals surface area contributed by atoms with E-state index in [1.165, 1.54) is 0 Å². The van der Waals surface area contributed by atoms with Crippen LogP contribution in [0.15, 0.2) is 56.6 Å². The highest BCUT2D eigenvalue weighted by Crippen LogP contribution is 2.38. The van der Waals surface area contributed by atoms with E-state index in [9.17, 15) is 9.59 Å². The zero-order valence-corrected chi connectivity index (χ0v) is 19.3. The van der Waals surface area contributed by atoms with Gasteiger partial charge in [0.2, 0.25) is 5.76 Å². The van der Waals surface area contributed by atoms with Gasteiger partial charge in [0.05, 0.1) is 23.1 Å². The summed E-state index contributed by atoms with van der Waals surface area (Å²) in [5.41, 5.74) is 1.40. The third-order valence-corrected chi connectivity index (χ3v) is 6.33. The zero-order chi connectivity index (χ0) is 22.1. The Labute approximate surface area is 190 Å². The first-order chi connectivity index (χ1) is 14.9. The van der Waals surface area contributed by atoms with Crippen molar-refractivity contribution in [2.75, 3.05) is 19.4 Å². The first-order valence-corrected chi connectivity index (χ1v) is 11.8. The van der Waals surface area contributed by atoms with E-state index >= 15 is 0 Å². The third-order valence-electron chi connectivity index (χ3n) is 5.35. The number of carbonyl (C=O) groups excluding carboxylic acids is 1. The van der Waals surface area contributed by atoms with Crippen molar-refractivity contribution in [3.8, 4) is 0 Å². The molecule has 162 valence electrons. The van der Waals surface area contributed by atoms with Gasteiger partial charge in [-0.15, -0.1) is 11.8 Å². The van der Waals surface area contributed by atoms with Crippen LogP contribution in [0.5, 0.6) is 0 Å². The molecule has 0 saturated carbocycles. The molecule has 2 aromatic carbocycles. The number of carbonyl (C=O) groups is 1. The molecule has 7 heteroatoms. The number of benzene rings is 2. The van der Waals surface area contributed by atoms with Crippen molar-refractivity contribution in [1.82, 2.24) is 4.90 Å². The summed E-state index contributed by atoms with van der Waals surface area (Å²) in [6.07, 6.45) is 2.80. The second-order valence-electron chi connectivity index (χ2n) is 7.76. The molecular weight excluding hydrogens is 434 g/mol. The quantitative estimate of drug-likeness (QED) is 0.345. The van der Waals surface area contributed by atoms with Crippen LogP contribution in [0.3, 0.4) is 0 Å². The van der Waals surface area contributed by atoms with E-state index in [1.807, 2.05) is 44.4 Å². The highest BCUT2D eigenvalue weighted by Gasteiger charge is 2.42. The van der Waals surface area contributed by atoms with Crippen molar-refractivity contribution in [1.29, 1.82) is 0 Å². The molecule has 1 atom stereocenters. The van der Waals surface area contributed by atoms with E-state index in [-0.39, 0.29) is 23.2 Å². The summed E-state index contributed by atoms with van der Waals surface area (Å²) in [5, 5.41) is 0.836. The highest BCUT2D eigenvalue weighted by atomic mass is 35.5. The number of hydrogen-bond donors (Lipinski definition) is 0. The molecule has 1 amide bonds. The maximum Gasteiger partial charge on any atom is 0.290 e. The van der Waals surface area contributed by atoms with E-state index in [1.54, 1.807) is 34.9 Å². The molecule has 31 heavy (non-hydrogen) atoms. The molecule has 4 rings (SSSR count). The van der Waals surface area contributed by atoms with Crippen LogP contribution in [0.1, 0.15) is 48.0 Å². The zero-order valence-electron chi connectivity index (χ0n) is 17.7. The Morgan fingerprint density at radius 1 is 1.16 bits per heavy atom. The summed E-state index contributed by atoms with van der Waals surface area (Å²) in [7, 11) is 0. The lowest BCUT2D eigenvalue weighted by Gasteiger charge is -2.25. The molecule has 0 fully saturated rings. The second kappa shape index (κ2) is 9.07. The minimum Gasteiger partial charge on any atom is -0.450 e. The van der Waals surface area contributed by atoms with Crippen LogP contribution >= 0.6 is 23.4 Å². The topological polar surface area (TPSA) is 59.8 Å². The van der Waals surface area contributed by atoms with E-state index < -0.39 is 6.04 Å². The third kappa shape index (κ3) is 4.25. The summed E-state index contributed by atoms with van der Waals surface area (Å²) in [5.74, 6) is -0.156. The predicted octanol–water partition coefficient (Wildman–Crippen LogP) is 5.53. The number of amides is 1. The first kappa shape index (κ1) is 21.9. The first-order valence-electron chi connectivity index (χ1n) is 10.2. The Morgan fingerprint density at radius 2 is 1.90 bits per heavy atom. The Morgan fingerprint density at radius 3 is 2.58 bits per heavy atom. The molecular formula is C24H24ClNO4S. The number of ether oxygens (including phenoxy) is 1. The van der Waals surface area contributed by atoms with Gasteiger partial charge < -0.3 is 14.1 Å². The molecule has 0 unspecified atom stereocenters. The van der Waals surface area contributed by atoms with E-state index in [4.69, 9.17) is 20.8 Å². The van der Waals surface area contributed by atoms with Crippen molar-refractivity contribution in [2.45, 2.75) is 37.3 Å². The fourth-order valence-corrected chi connectivity index (χ4v) is 4.49. The summed E-state index contributed by atoms with van der Waals surface area (Å²) >= 11 is 7.76. The molecule has 0 aliphatic carbocycles. The molecule has 0 N–H and O–H groups in total. The lowest BCUT2D eigenvalue weighted by molar-refractivity contribution is 0.0593. The average Bonchev–Trinajstić information content (AvgIpc) is 3.04. The Hall–Kier alpha value is -2.28. The summed E-state index contributed by atoms with van der Waals surface area (Å²) < 4.78 is 11.6. The number of thioether (sulfide) groups is 1. The molecule has 3 aromatic rings. The number of halogens is 1. The maximum atomic E-state index is 13.5. The molecule has 5 nitrogen and oxygen atoms in total. The number of rotatable bonds is 7. The van der Waals surface area contributed by atoms with Crippen molar-refractivity contribution < 1.29 is 13.9 Å². The molecule has 1 aliphatic heterocycles. The summed E-state index contributed by atoms with van der Waals surface area (Å²) in [6.45, 7) is 4.95. The molecule has 2 heterocycles. The molecule has 0 saturated heterocycles. The monoisotopic (exact) mass is 457 g/mol. The lowest BCUT2D eigenvalue weighted by Crippen LogP contribution is -2.31. The van der Waals surface area contributed by atoms with Crippen LogP contribution < -0.4 is 5.43 Å². The fraction of sp³-hybridized carbons (Fsp3) is 0.333. The van der Waals surface area contributed by atoms with Crippen LogP contribution in [0.4, 0.5) is 0 Å². The SMILES string of the molecule is CSc1ccc([C@H]2c3c(oc4ccc(Cl)cc4c3=O)C(=O)N2CCCOC(C)C)cc1. The van der Waals surface area contributed by atoms with Gasteiger partial charge in [0.15, 0.2) is 5.43 Å². The van der Waals surface area contributed by atoms with Gasteiger partial charge in [-0.05, 0) is 62.4 Å². The smallest absolute Gasteiger partial charge is 0.290 e. The highest BCUT2D eigenvalue weighted by molar-refractivity contribution is 7.98. The van der Waals surface area contributed by atoms with Crippen LogP contribution in [-0.2, 0) is 4.74 Å². The number of fused-ring (bicyclic) bond motifs is 2. The minimum atomic E-state index is -0.503. The van der Waals surface area contributed by atoms with Crippen LogP contribution in [-0.4, -0.2) is 36.3 Å². The van der Waals surface area contributed by atoms with Gasteiger partial charge in [0, 0.05) is 23.1 Å². The van der Waals surface area contributed by atoms with Crippen LogP contribution in [0.25, 0.3) is 11.0 Å².